The van der Waals surface area contributed by atoms with Crippen molar-refractivity contribution >= 4 is 27.7 Å². The van der Waals surface area contributed by atoms with Gasteiger partial charge in [-0.2, -0.15) is 0 Å². The topological polar surface area (TPSA) is 9.23 Å². The third-order valence-electron chi connectivity index (χ3n) is 3.28. The van der Waals surface area contributed by atoms with E-state index in [-0.39, 0.29) is 0 Å². The van der Waals surface area contributed by atoms with E-state index < -0.39 is 17.4 Å². The van der Waals surface area contributed by atoms with E-state index in [2.05, 4.69) is 80.3 Å². The molecule has 0 radical (unpaired) electrons. The second-order valence-corrected chi connectivity index (χ2v) is 12.5. The molecule has 1 nitrogen and oxygen atoms in total. The summed E-state index contributed by atoms with van der Waals surface area (Å²) in [6, 6.07) is 22.3. The molecule has 0 aromatic heterocycles. The minimum Gasteiger partial charge on any atom is -0.451 e. The highest BCUT2D eigenvalue weighted by Gasteiger charge is 2.28. The summed E-state index contributed by atoms with van der Waals surface area (Å²) in [7, 11) is -3.28. The largest absolute Gasteiger partial charge is 0.451 e. The Morgan fingerprint density at radius 3 is 1.80 bits per heavy atom. The first-order valence-electron chi connectivity index (χ1n) is 7.01. The predicted octanol–water partition coefficient (Wildman–Crippen LogP) is 2.93. The van der Waals surface area contributed by atoms with Gasteiger partial charge in [0.25, 0.3) is 0 Å². The monoisotopic (exact) mass is 298 g/mol. The lowest BCUT2D eigenvalue weighted by molar-refractivity contribution is 0.588. The lowest BCUT2D eigenvalue weighted by Crippen LogP contribution is -2.51. The Morgan fingerprint density at radius 1 is 0.950 bits per heavy atom. The number of allylic oxidation sites excluding steroid dienone is 1. The molecule has 3 heteroatoms. The molecule has 104 valence electrons. The molecule has 0 fully saturated rings. The maximum atomic E-state index is 6.66. The van der Waals surface area contributed by atoms with Gasteiger partial charge in [0.15, 0.2) is 8.32 Å². The van der Waals surface area contributed by atoms with Gasteiger partial charge in [-0.3, -0.25) is 0 Å². The fourth-order valence-electron chi connectivity index (χ4n) is 2.30. The summed E-state index contributed by atoms with van der Waals surface area (Å²) in [5, 5.41) is 2.70. The molecular formula is C17H22OSi2. The van der Waals surface area contributed by atoms with Gasteiger partial charge in [0.2, 0.25) is 9.04 Å². The first-order chi connectivity index (χ1) is 9.62. The quantitative estimate of drug-likeness (QED) is 0.588. The van der Waals surface area contributed by atoms with Crippen molar-refractivity contribution in [3.63, 3.8) is 0 Å². The molecule has 0 spiro atoms. The highest BCUT2D eigenvalue weighted by molar-refractivity contribution is 6.89. The highest BCUT2D eigenvalue weighted by Crippen LogP contribution is 2.13. The van der Waals surface area contributed by atoms with Crippen molar-refractivity contribution in [2.75, 3.05) is 0 Å². The summed E-state index contributed by atoms with van der Waals surface area (Å²) in [4.78, 5) is 0. The third-order valence-corrected chi connectivity index (χ3v) is 10.0. The Labute approximate surface area is 124 Å². The Balaban J connectivity index is 2.33. The third kappa shape index (κ3) is 4.03. The van der Waals surface area contributed by atoms with Crippen LogP contribution in [0.5, 0.6) is 0 Å². The van der Waals surface area contributed by atoms with E-state index in [0.29, 0.717) is 0 Å². The average molecular weight is 299 g/mol. The van der Waals surface area contributed by atoms with Crippen LogP contribution in [0, 0.1) is 0 Å². The smallest absolute Gasteiger partial charge is 0.228 e. The molecule has 0 heterocycles. The van der Waals surface area contributed by atoms with Crippen LogP contribution in [0.2, 0.25) is 19.1 Å². The van der Waals surface area contributed by atoms with E-state index >= 15 is 0 Å². The van der Waals surface area contributed by atoms with E-state index in [4.69, 9.17) is 4.12 Å². The molecule has 0 aliphatic rings. The van der Waals surface area contributed by atoms with Gasteiger partial charge in [0.05, 0.1) is 0 Å². The first-order valence-corrected chi connectivity index (χ1v) is 11.8. The number of benzene rings is 2. The number of hydrogen-bond acceptors (Lipinski definition) is 1. The Bertz CT molecular complexity index is 498. The normalized spacial score (nSPS) is 11.6. The zero-order chi connectivity index (χ0) is 14.4. The maximum absolute atomic E-state index is 6.66. The lowest BCUT2D eigenvalue weighted by atomic mass is 10.4. The van der Waals surface area contributed by atoms with Gasteiger partial charge in [-0.25, -0.2) is 0 Å². The summed E-state index contributed by atoms with van der Waals surface area (Å²) in [6.07, 6.45) is 1.99. The molecule has 0 N–H and O–H groups in total. The van der Waals surface area contributed by atoms with Crippen LogP contribution >= 0.6 is 0 Å². The average Bonchev–Trinajstić information content (AvgIpc) is 2.47. The van der Waals surface area contributed by atoms with Crippen molar-refractivity contribution in [1.82, 2.24) is 0 Å². The molecule has 2 rings (SSSR count). The molecule has 0 bridgehead atoms. The van der Waals surface area contributed by atoms with Crippen LogP contribution in [-0.2, 0) is 4.12 Å². The first kappa shape index (κ1) is 15.0. The molecule has 0 saturated heterocycles. The van der Waals surface area contributed by atoms with E-state index in [9.17, 15) is 0 Å². The molecule has 0 aliphatic heterocycles. The van der Waals surface area contributed by atoms with E-state index in [0.717, 1.165) is 6.04 Å². The van der Waals surface area contributed by atoms with Gasteiger partial charge in [-0.05, 0) is 29.5 Å². The Kier molecular flexibility index (Phi) is 5.12. The van der Waals surface area contributed by atoms with Gasteiger partial charge in [0, 0.05) is 0 Å². The summed E-state index contributed by atoms with van der Waals surface area (Å²) in [5.74, 6) is 0. The summed E-state index contributed by atoms with van der Waals surface area (Å²) >= 11 is 0. The van der Waals surface area contributed by atoms with Gasteiger partial charge in [-0.1, -0.05) is 66.7 Å². The molecular weight excluding hydrogens is 276 g/mol. The van der Waals surface area contributed by atoms with Crippen LogP contribution in [0.1, 0.15) is 0 Å². The van der Waals surface area contributed by atoms with Crippen LogP contribution in [0.4, 0.5) is 0 Å². The van der Waals surface area contributed by atoms with Crippen molar-refractivity contribution in [2.45, 2.75) is 19.1 Å². The van der Waals surface area contributed by atoms with Crippen molar-refractivity contribution in [2.24, 2.45) is 0 Å². The number of rotatable bonds is 6. The van der Waals surface area contributed by atoms with Crippen LogP contribution in [0.3, 0.4) is 0 Å². The fraction of sp³-hybridized carbons (Fsp3) is 0.176. The van der Waals surface area contributed by atoms with E-state index in [1.54, 1.807) is 0 Å². The summed E-state index contributed by atoms with van der Waals surface area (Å²) in [6.45, 7) is 8.43. The van der Waals surface area contributed by atoms with Crippen molar-refractivity contribution < 1.29 is 4.12 Å². The van der Waals surface area contributed by atoms with Gasteiger partial charge in [-0.15, -0.1) is 6.58 Å². The Morgan fingerprint density at radius 2 is 1.40 bits per heavy atom. The summed E-state index contributed by atoms with van der Waals surface area (Å²) in [5.41, 5.74) is 0. The molecule has 20 heavy (non-hydrogen) atoms. The maximum Gasteiger partial charge on any atom is 0.228 e. The molecule has 0 amide bonds. The predicted molar refractivity (Wildman–Crippen MR) is 92.9 cm³/mol. The molecule has 0 saturated carbocycles. The standard InChI is InChI=1S/C17H22OSi2/c1-4-15-20(2,3)18-19(16-11-7-5-8-12-16)17-13-9-6-10-14-17/h4-14,19H,1,15H2,2-3H3. The highest BCUT2D eigenvalue weighted by atomic mass is 28.4. The second-order valence-electron chi connectivity index (χ2n) is 5.57. The van der Waals surface area contributed by atoms with Crippen LogP contribution in [0.25, 0.3) is 0 Å². The molecule has 0 aliphatic carbocycles. The fourth-order valence-corrected chi connectivity index (χ4v) is 8.55. The minimum atomic E-state index is -1.69. The van der Waals surface area contributed by atoms with Crippen LogP contribution < -0.4 is 10.4 Å². The number of hydrogen-bond donors (Lipinski definition) is 0. The zero-order valence-corrected chi connectivity index (χ0v) is 14.4. The van der Waals surface area contributed by atoms with E-state index in [1.165, 1.54) is 10.4 Å². The van der Waals surface area contributed by atoms with Crippen molar-refractivity contribution in [1.29, 1.82) is 0 Å². The van der Waals surface area contributed by atoms with Gasteiger partial charge in [0.1, 0.15) is 0 Å². The van der Waals surface area contributed by atoms with Crippen LogP contribution in [0.15, 0.2) is 73.3 Å². The van der Waals surface area contributed by atoms with Gasteiger partial charge < -0.3 is 4.12 Å². The molecule has 0 unspecified atom stereocenters. The second kappa shape index (κ2) is 6.84. The van der Waals surface area contributed by atoms with Gasteiger partial charge >= 0.3 is 0 Å². The summed E-state index contributed by atoms with van der Waals surface area (Å²) < 4.78 is 6.66. The zero-order valence-electron chi connectivity index (χ0n) is 12.3. The lowest BCUT2D eigenvalue weighted by Gasteiger charge is -2.28. The Hall–Kier alpha value is -1.43. The molecule has 2 aromatic rings. The SMILES string of the molecule is C=CC[Si](C)(C)O[SiH](c1ccccc1)c1ccccc1. The van der Waals surface area contributed by atoms with E-state index in [1.807, 2.05) is 6.08 Å². The van der Waals surface area contributed by atoms with Crippen molar-refractivity contribution in [3.05, 3.63) is 73.3 Å². The van der Waals surface area contributed by atoms with Crippen molar-refractivity contribution in [3.8, 4) is 0 Å². The van der Waals surface area contributed by atoms with Crippen LogP contribution in [-0.4, -0.2) is 17.4 Å². The molecule has 0 atom stereocenters. The minimum absolute atomic E-state index is 0.996. The molecule has 2 aromatic carbocycles.